The van der Waals surface area contributed by atoms with Gasteiger partial charge in [-0.3, -0.25) is 14.4 Å². The van der Waals surface area contributed by atoms with E-state index in [9.17, 15) is 19.2 Å². The molecule has 0 aliphatic carbocycles. The largest absolute Gasteiger partial charge is 0.378 e. The summed E-state index contributed by atoms with van der Waals surface area (Å²) in [5, 5.41) is 2.93. The zero-order valence-corrected chi connectivity index (χ0v) is 22.6. The molecule has 0 spiro atoms. The summed E-state index contributed by atoms with van der Waals surface area (Å²) < 4.78 is 0. The van der Waals surface area contributed by atoms with Crippen LogP contribution in [0.25, 0.3) is 0 Å². The third-order valence-corrected chi connectivity index (χ3v) is 7.68. The van der Waals surface area contributed by atoms with Gasteiger partial charge in [-0.05, 0) is 50.1 Å². The molecule has 4 amide bonds. The van der Waals surface area contributed by atoms with Gasteiger partial charge in [-0.15, -0.1) is 0 Å². The van der Waals surface area contributed by atoms with E-state index in [-0.39, 0.29) is 42.1 Å². The highest BCUT2D eigenvalue weighted by Crippen LogP contribution is 2.31. The molecule has 1 N–H and O–H groups in total. The topological polar surface area (TPSA) is 96.5 Å². The predicted octanol–water partition coefficient (Wildman–Crippen LogP) is 1.12. The lowest BCUT2D eigenvalue weighted by Crippen LogP contribution is -2.54. The number of nitrogens with zero attached hydrogens (tertiary/aromatic N) is 5. The van der Waals surface area contributed by atoms with Gasteiger partial charge in [0.15, 0.2) is 5.78 Å². The number of fused-ring (bicyclic) bond motifs is 1. The van der Waals surface area contributed by atoms with Crippen molar-refractivity contribution < 1.29 is 19.2 Å². The summed E-state index contributed by atoms with van der Waals surface area (Å²) in [6.07, 6.45) is 1.03. The van der Waals surface area contributed by atoms with Crippen LogP contribution in [-0.2, 0) is 9.59 Å². The number of rotatable bonds is 6. The van der Waals surface area contributed by atoms with Gasteiger partial charge in [-0.1, -0.05) is 13.8 Å². The van der Waals surface area contributed by atoms with Crippen LogP contribution in [0.3, 0.4) is 0 Å². The van der Waals surface area contributed by atoms with Gasteiger partial charge in [-0.25, -0.2) is 4.79 Å². The number of carbonyl (C=O) groups excluding carboxylic acids is 4. The molecule has 3 atom stereocenters. The van der Waals surface area contributed by atoms with Gasteiger partial charge < -0.3 is 29.8 Å². The van der Waals surface area contributed by atoms with E-state index < -0.39 is 12.1 Å². The standard InChI is InChI=1S/C27H40N6O4/c1-18(2)16-21(28-25(35)19-6-8-20(9-7-19)29(3)4)26(36)32-11-10-22-24(32)23(34)17-33(22)27(37)31-14-12-30(5)13-15-31/h6-9,18,21-22,24H,10-17H2,1-5H3,(H,28,35). The van der Waals surface area contributed by atoms with Crippen molar-refractivity contribution in [2.45, 2.75) is 44.8 Å². The highest BCUT2D eigenvalue weighted by molar-refractivity contribution is 6.00. The van der Waals surface area contributed by atoms with Gasteiger partial charge in [-0.2, -0.15) is 0 Å². The monoisotopic (exact) mass is 512 g/mol. The first-order valence-corrected chi connectivity index (χ1v) is 13.2. The Morgan fingerprint density at radius 1 is 1.00 bits per heavy atom. The maximum atomic E-state index is 13.7. The molecule has 1 aromatic rings. The first-order chi connectivity index (χ1) is 17.6. The van der Waals surface area contributed by atoms with Gasteiger partial charge in [0.2, 0.25) is 5.91 Å². The second-order valence-electron chi connectivity index (χ2n) is 11.1. The molecule has 0 aromatic heterocycles. The van der Waals surface area contributed by atoms with Crippen molar-refractivity contribution in [2.75, 3.05) is 65.3 Å². The van der Waals surface area contributed by atoms with Crippen LogP contribution in [0.15, 0.2) is 24.3 Å². The Labute approximate surface area is 219 Å². The highest BCUT2D eigenvalue weighted by atomic mass is 16.2. The zero-order chi connectivity index (χ0) is 26.9. The molecule has 1 aromatic carbocycles. The van der Waals surface area contributed by atoms with Crippen LogP contribution in [0.1, 0.15) is 37.0 Å². The van der Waals surface area contributed by atoms with Crippen LogP contribution < -0.4 is 10.2 Å². The highest BCUT2D eigenvalue weighted by Gasteiger charge is 2.53. The van der Waals surface area contributed by atoms with E-state index in [1.54, 1.807) is 21.9 Å². The molecule has 3 aliphatic heterocycles. The maximum Gasteiger partial charge on any atom is 0.320 e. The van der Waals surface area contributed by atoms with Crippen molar-refractivity contribution in [3.05, 3.63) is 29.8 Å². The minimum Gasteiger partial charge on any atom is -0.378 e. The lowest BCUT2D eigenvalue weighted by atomic mass is 10.0. The summed E-state index contributed by atoms with van der Waals surface area (Å²) in [6, 6.07) is 5.41. The Bertz CT molecular complexity index is 1020. The number of hydrogen-bond acceptors (Lipinski definition) is 6. The number of piperazine rings is 1. The maximum absolute atomic E-state index is 13.7. The van der Waals surface area contributed by atoms with Crippen molar-refractivity contribution >= 4 is 29.3 Å². The Kier molecular flexibility index (Phi) is 8.06. The van der Waals surface area contributed by atoms with Crippen molar-refractivity contribution in [3.8, 4) is 0 Å². The molecule has 3 heterocycles. The van der Waals surface area contributed by atoms with Gasteiger partial charge in [0.05, 0.1) is 12.6 Å². The Morgan fingerprint density at radius 3 is 2.24 bits per heavy atom. The number of nitrogens with one attached hydrogen (secondary N) is 1. The molecule has 0 saturated carbocycles. The van der Waals surface area contributed by atoms with E-state index in [4.69, 9.17) is 0 Å². The van der Waals surface area contributed by atoms with E-state index in [0.29, 0.717) is 38.0 Å². The molecule has 202 valence electrons. The third-order valence-electron chi connectivity index (χ3n) is 7.68. The fourth-order valence-corrected chi connectivity index (χ4v) is 5.55. The summed E-state index contributed by atoms with van der Waals surface area (Å²) in [7, 11) is 5.89. The molecule has 3 fully saturated rings. The molecule has 0 bridgehead atoms. The number of amides is 4. The smallest absolute Gasteiger partial charge is 0.320 e. The molecular weight excluding hydrogens is 472 g/mol. The summed E-state index contributed by atoms with van der Waals surface area (Å²) >= 11 is 0. The van der Waals surface area contributed by atoms with E-state index in [1.165, 1.54) is 0 Å². The fraction of sp³-hybridized carbons (Fsp3) is 0.630. The quantitative estimate of drug-likeness (QED) is 0.614. The number of hydrogen-bond donors (Lipinski definition) is 1. The Hall–Kier alpha value is -3.14. The van der Waals surface area contributed by atoms with Crippen LogP contribution in [0, 0.1) is 5.92 Å². The second-order valence-corrected chi connectivity index (χ2v) is 11.1. The van der Waals surface area contributed by atoms with E-state index in [2.05, 4.69) is 10.2 Å². The van der Waals surface area contributed by atoms with Crippen LogP contribution in [-0.4, -0.2) is 122 Å². The molecule has 4 rings (SSSR count). The average Bonchev–Trinajstić information content (AvgIpc) is 3.44. The zero-order valence-electron chi connectivity index (χ0n) is 22.6. The SMILES string of the molecule is CC(C)CC(NC(=O)c1ccc(N(C)C)cc1)C(=O)N1CCC2C1C(=O)CN2C(=O)N1CCN(C)CC1. The number of ketones is 1. The molecular formula is C27H40N6O4. The summed E-state index contributed by atoms with van der Waals surface area (Å²) in [4.78, 5) is 62.3. The van der Waals surface area contributed by atoms with Gasteiger partial charge in [0.25, 0.3) is 5.91 Å². The van der Waals surface area contributed by atoms with Crippen molar-refractivity contribution in [3.63, 3.8) is 0 Å². The van der Waals surface area contributed by atoms with Crippen LogP contribution >= 0.6 is 0 Å². The summed E-state index contributed by atoms with van der Waals surface area (Å²) in [6.45, 7) is 7.32. The summed E-state index contributed by atoms with van der Waals surface area (Å²) in [5.74, 6) is -0.503. The molecule has 3 aliphatic rings. The van der Waals surface area contributed by atoms with E-state index in [1.807, 2.05) is 56.9 Å². The normalized spacial score (nSPS) is 22.9. The average molecular weight is 513 g/mol. The third kappa shape index (κ3) is 5.74. The molecule has 3 unspecified atom stereocenters. The second kappa shape index (κ2) is 11.1. The van der Waals surface area contributed by atoms with Crippen molar-refractivity contribution in [1.29, 1.82) is 0 Å². The van der Waals surface area contributed by atoms with Crippen LogP contribution in [0.4, 0.5) is 10.5 Å². The number of carbonyl (C=O) groups is 4. The van der Waals surface area contributed by atoms with Crippen LogP contribution in [0.2, 0.25) is 0 Å². The minimum absolute atomic E-state index is 0.0315. The van der Waals surface area contributed by atoms with E-state index in [0.717, 1.165) is 18.8 Å². The number of likely N-dealkylation sites (tertiary alicyclic amines) is 2. The number of benzene rings is 1. The number of anilines is 1. The lowest BCUT2D eigenvalue weighted by molar-refractivity contribution is -0.138. The Morgan fingerprint density at radius 2 is 1.65 bits per heavy atom. The minimum atomic E-state index is -0.741. The first kappa shape index (κ1) is 26.9. The van der Waals surface area contributed by atoms with E-state index >= 15 is 0 Å². The van der Waals surface area contributed by atoms with Gasteiger partial charge >= 0.3 is 6.03 Å². The Balaban J connectivity index is 1.46. The number of likely N-dealkylation sites (N-methyl/N-ethyl adjacent to an activating group) is 1. The lowest BCUT2D eigenvalue weighted by Gasteiger charge is -2.36. The van der Waals surface area contributed by atoms with Crippen molar-refractivity contribution in [1.82, 2.24) is 24.9 Å². The molecule has 37 heavy (non-hydrogen) atoms. The van der Waals surface area contributed by atoms with Gasteiger partial charge in [0, 0.05) is 58.1 Å². The van der Waals surface area contributed by atoms with Crippen LogP contribution in [0.5, 0.6) is 0 Å². The first-order valence-electron chi connectivity index (χ1n) is 13.2. The van der Waals surface area contributed by atoms with Crippen molar-refractivity contribution in [2.24, 2.45) is 5.92 Å². The fourth-order valence-electron chi connectivity index (χ4n) is 5.55. The molecule has 10 nitrogen and oxygen atoms in total. The predicted molar refractivity (Wildman–Crippen MR) is 142 cm³/mol. The number of Topliss-reactive ketones (excluding diaryl/α,β-unsaturated/α-hetero) is 1. The molecule has 10 heteroatoms. The van der Waals surface area contributed by atoms with Gasteiger partial charge in [0.1, 0.15) is 12.1 Å². The number of urea groups is 1. The summed E-state index contributed by atoms with van der Waals surface area (Å²) in [5.41, 5.74) is 1.46. The molecule has 0 radical (unpaired) electrons. The molecule has 3 saturated heterocycles.